The van der Waals surface area contributed by atoms with Crippen molar-refractivity contribution < 1.29 is 9.18 Å². The Bertz CT molecular complexity index is 308. The standard InChI is InChI=1S/C10H13FN2O/c1-7(12)10(14)13-6-8-2-4-9(11)5-3-8/h2-5,7H,6,12H2,1H3,(H,13,14)/t7-/m0/s1. The van der Waals surface area contributed by atoms with Crippen LogP contribution in [0.2, 0.25) is 0 Å². The molecule has 1 amide bonds. The molecule has 4 heteroatoms. The van der Waals surface area contributed by atoms with Crippen molar-refractivity contribution in [3.63, 3.8) is 0 Å². The summed E-state index contributed by atoms with van der Waals surface area (Å²) in [4.78, 5) is 11.1. The van der Waals surface area contributed by atoms with E-state index < -0.39 is 6.04 Å². The van der Waals surface area contributed by atoms with E-state index in [9.17, 15) is 9.18 Å². The second kappa shape index (κ2) is 4.72. The van der Waals surface area contributed by atoms with E-state index >= 15 is 0 Å². The van der Waals surface area contributed by atoms with Crippen molar-refractivity contribution >= 4 is 5.91 Å². The molecule has 14 heavy (non-hydrogen) atoms. The highest BCUT2D eigenvalue weighted by Crippen LogP contribution is 2.01. The van der Waals surface area contributed by atoms with Crippen molar-refractivity contribution in [2.75, 3.05) is 0 Å². The Morgan fingerprint density at radius 2 is 2.07 bits per heavy atom. The predicted molar refractivity (Wildman–Crippen MR) is 51.9 cm³/mol. The third kappa shape index (κ3) is 3.14. The van der Waals surface area contributed by atoms with Gasteiger partial charge < -0.3 is 11.1 Å². The molecular weight excluding hydrogens is 183 g/mol. The Hall–Kier alpha value is -1.42. The topological polar surface area (TPSA) is 55.1 Å². The monoisotopic (exact) mass is 196 g/mol. The van der Waals surface area contributed by atoms with Crippen LogP contribution in [0.15, 0.2) is 24.3 Å². The van der Waals surface area contributed by atoms with Gasteiger partial charge in [-0.15, -0.1) is 0 Å². The first-order valence-corrected chi connectivity index (χ1v) is 4.37. The van der Waals surface area contributed by atoms with Gasteiger partial charge in [0.2, 0.25) is 5.91 Å². The first-order chi connectivity index (χ1) is 6.59. The quantitative estimate of drug-likeness (QED) is 0.751. The average molecular weight is 196 g/mol. The number of hydrogen-bond donors (Lipinski definition) is 2. The van der Waals surface area contributed by atoms with Crippen LogP contribution in [-0.2, 0) is 11.3 Å². The molecular formula is C10H13FN2O. The third-order valence-electron chi connectivity index (χ3n) is 1.79. The number of carbonyl (C=O) groups is 1. The van der Waals surface area contributed by atoms with Crippen LogP contribution in [0.3, 0.4) is 0 Å². The molecule has 0 aliphatic heterocycles. The van der Waals surface area contributed by atoms with Gasteiger partial charge in [-0.1, -0.05) is 12.1 Å². The third-order valence-corrected chi connectivity index (χ3v) is 1.79. The van der Waals surface area contributed by atoms with Gasteiger partial charge in [0.1, 0.15) is 5.82 Å². The van der Waals surface area contributed by atoms with Gasteiger partial charge in [0.05, 0.1) is 6.04 Å². The molecule has 0 fully saturated rings. The summed E-state index contributed by atoms with van der Waals surface area (Å²) >= 11 is 0. The molecule has 0 saturated heterocycles. The van der Waals surface area contributed by atoms with Gasteiger partial charge in [0.25, 0.3) is 0 Å². The molecule has 0 unspecified atom stereocenters. The van der Waals surface area contributed by atoms with Gasteiger partial charge in [0.15, 0.2) is 0 Å². The lowest BCUT2D eigenvalue weighted by molar-refractivity contribution is -0.122. The first kappa shape index (κ1) is 10.7. The van der Waals surface area contributed by atoms with Crippen molar-refractivity contribution in [1.29, 1.82) is 0 Å². The first-order valence-electron chi connectivity index (χ1n) is 4.37. The smallest absolute Gasteiger partial charge is 0.236 e. The molecule has 1 aromatic rings. The number of amides is 1. The molecule has 0 aromatic heterocycles. The normalized spacial score (nSPS) is 12.2. The number of nitrogens with one attached hydrogen (secondary N) is 1. The molecule has 0 aliphatic carbocycles. The molecule has 1 atom stereocenters. The summed E-state index contributed by atoms with van der Waals surface area (Å²) in [5, 5.41) is 2.63. The van der Waals surface area contributed by atoms with Crippen LogP contribution in [0.1, 0.15) is 12.5 Å². The zero-order valence-corrected chi connectivity index (χ0v) is 7.96. The van der Waals surface area contributed by atoms with E-state index in [4.69, 9.17) is 5.73 Å². The fourth-order valence-corrected chi connectivity index (χ4v) is 0.952. The lowest BCUT2D eigenvalue weighted by atomic mass is 10.2. The highest BCUT2D eigenvalue weighted by Gasteiger charge is 2.05. The second-order valence-electron chi connectivity index (χ2n) is 3.13. The maximum atomic E-state index is 12.5. The maximum absolute atomic E-state index is 12.5. The largest absolute Gasteiger partial charge is 0.351 e. The molecule has 0 radical (unpaired) electrons. The molecule has 0 bridgehead atoms. The summed E-state index contributed by atoms with van der Waals surface area (Å²) in [7, 11) is 0. The molecule has 0 spiro atoms. The lowest BCUT2D eigenvalue weighted by Gasteiger charge is -2.07. The SMILES string of the molecule is C[C@H](N)C(=O)NCc1ccc(F)cc1. The van der Waals surface area contributed by atoms with Crippen LogP contribution in [0.25, 0.3) is 0 Å². The summed E-state index contributed by atoms with van der Waals surface area (Å²) in [5.74, 6) is -0.499. The minimum Gasteiger partial charge on any atom is -0.351 e. The minimum atomic E-state index is -0.518. The van der Waals surface area contributed by atoms with Gasteiger partial charge >= 0.3 is 0 Å². The number of halogens is 1. The number of benzene rings is 1. The Labute approximate surface area is 82.1 Å². The van der Waals surface area contributed by atoms with Gasteiger partial charge in [-0.3, -0.25) is 4.79 Å². The molecule has 1 rings (SSSR count). The fourth-order valence-electron chi connectivity index (χ4n) is 0.952. The number of carbonyl (C=O) groups excluding carboxylic acids is 1. The van der Waals surface area contributed by atoms with E-state index in [1.807, 2.05) is 0 Å². The Balaban J connectivity index is 2.46. The van der Waals surface area contributed by atoms with Crippen molar-refractivity contribution in [2.24, 2.45) is 5.73 Å². The van der Waals surface area contributed by atoms with Crippen LogP contribution in [0.4, 0.5) is 4.39 Å². The van der Waals surface area contributed by atoms with Crippen molar-refractivity contribution in [2.45, 2.75) is 19.5 Å². The molecule has 76 valence electrons. The predicted octanol–water partition coefficient (Wildman–Crippen LogP) is 0.789. The zero-order valence-electron chi connectivity index (χ0n) is 7.96. The van der Waals surface area contributed by atoms with E-state index in [0.29, 0.717) is 6.54 Å². The Kier molecular flexibility index (Phi) is 3.59. The summed E-state index contributed by atoms with van der Waals surface area (Å²) in [6.45, 7) is 1.99. The van der Waals surface area contributed by atoms with Gasteiger partial charge in [-0.2, -0.15) is 0 Å². The zero-order chi connectivity index (χ0) is 10.6. The molecule has 0 aliphatic rings. The highest BCUT2D eigenvalue weighted by molar-refractivity contribution is 5.80. The average Bonchev–Trinajstić information content (AvgIpc) is 2.16. The van der Waals surface area contributed by atoms with Gasteiger partial charge in [0, 0.05) is 6.54 Å². The van der Waals surface area contributed by atoms with E-state index in [-0.39, 0.29) is 11.7 Å². The number of hydrogen-bond acceptors (Lipinski definition) is 2. The summed E-state index contributed by atoms with van der Waals surface area (Å²) in [5.41, 5.74) is 6.20. The summed E-state index contributed by atoms with van der Waals surface area (Å²) in [6, 6.07) is 5.43. The molecule has 1 aromatic carbocycles. The highest BCUT2D eigenvalue weighted by atomic mass is 19.1. The molecule has 3 N–H and O–H groups in total. The van der Waals surface area contributed by atoms with Crippen LogP contribution in [0, 0.1) is 5.82 Å². The molecule has 3 nitrogen and oxygen atoms in total. The maximum Gasteiger partial charge on any atom is 0.236 e. The minimum absolute atomic E-state index is 0.214. The second-order valence-corrected chi connectivity index (χ2v) is 3.13. The van der Waals surface area contributed by atoms with Crippen molar-refractivity contribution in [1.82, 2.24) is 5.32 Å². The molecule has 0 heterocycles. The van der Waals surface area contributed by atoms with Crippen LogP contribution in [0.5, 0.6) is 0 Å². The Morgan fingerprint density at radius 3 is 2.57 bits per heavy atom. The van der Waals surface area contributed by atoms with E-state index in [1.165, 1.54) is 12.1 Å². The Morgan fingerprint density at radius 1 is 1.50 bits per heavy atom. The summed E-state index contributed by atoms with van der Waals surface area (Å²) in [6.07, 6.45) is 0. The lowest BCUT2D eigenvalue weighted by Crippen LogP contribution is -2.37. The number of nitrogens with two attached hydrogens (primary N) is 1. The van der Waals surface area contributed by atoms with E-state index in [0.717, 1.165) is 5.56 Å². The summed E-state index contributed by atoms with van der Waals surface area (Å²) < 4.78 is 12.5. The molecule has 0 saturated carbocycles. The number of rotatable bonds is 3. The van der Waals surface area contributed by atoms with Crippen LogP contribution in [-0.4, -0.2) is 11.9 Å². The van der Waals surface area contributed by atoms with Gasteiger partial charge in [-0.25, -0.2) is 4.39 Å². The van der Waals surface area contributed by atoms with Crippen LogP contribution >= 0.6 is 0 Å². The van der Waals surface area contributed by atoms with Crippen molar-refractivity contribution in [3.05, 3.63) is 35.6 Å². The van der Waals surface area contributed by atoms with E-state index in [2.05, 4.69) is 5.32 Å². The van der Waals surface area contributed by atoms with E-state index in [1.54, 1.807) is 19.1 Å². The van der Waals surface area contributed by atoms with Crippen LogP contribution < -0.4 is 11.1 Å². The fraction of sp³-hybridized carbons (Fsp3) is 0.300. The van der Waals surface area contributed by atoms with Crippen molar-refractivity contribution in [3.8, 4) is 0 Å². The van der Waals surface area contributed by atoms with Gasteiger partial charge in [-0.05, 0) is 24.6 Å².